The lowest BCUT2D eigenvalue weighted by Gasteiger charge is -2.19. The molecule has 4 nitrogen and oxygen atoms in total. The van der Waals surface area contributed by atoms with Gasteiger partial charge in [-0.3, -0.25) is 0 Å². The van der Waals surface area contributed by atoms with Crippen LogP contribution in [-0.4, -0.2) is 21.4 Å². The maximum atomic E-state index is 12.5. The highest BCUT2D eigenvalue weighted by Crippen LogP contribution is 2.32. The molecule has 1 heterocycles. The van der Waals surface area contributed by atoms with Gasteiger partial charge >= 0.3 is 5.97 Å². The third kappa shape index (κ3) is 3.96. The summed E-state index contributed by atoms with van der Waals surface area (Å²) in [5, 5.41) is 6.00. The van der Waals surface area contributed by atoms with E-state index in [4.69, 9.17) is 9.84 Å². The van der Waals surface area contributed by atoms with E-state index in [2.05, 4.69) is 16.8 Å². The topological polar surface area (TPSA) is 44.1 Å². The van der Waals surface area contributed by atoms with Crippen molar-refractivity contribution in [2.45, 2.75) is 58.5 Å². The molecular formula is C24H28N2O2. The number of aromatic nitrogens is 2. The highest BCUT2D eigenvalue weighted by atomic mass is 16.6. The summed E-state index contributed by atoms with van der Waals surface area (Å²) in [6, 6.07) is 16.0. The number of benzene rings is 2. The number of para-hydroxylation sites is 1. The van der Waals surface area contributed by atoms with Crippen LogP contribution in [-0.2, 0) is 11.2 Å². The van der Waals surface area contributed by atoms with Crippen LogP contribution in [0.2, 0.25) is 0 Å². The number of esters is 1. The SMILES string of the molecule is CC(C)(C)OC(=O)c1ccc2c(CC3CCCC3)n(-c3ccccc3)nc2c1. The number of fused-ring (bicyclic) bond motifs is 1. The number of ether oxygens (including phenoxy) is 1. The van der Waals surface area contributed by atoms with Gasteiger partial charge in [0.25, 0.3) is 0 Å². The van der Waals surface area contributed by atoms with Crippen molar-refractivity contribution in [2.75, 3.05) is 0 Å². The van der Waals surface area contributed by atoms with Crippen LogP contribution in [0.1, 0.15) is 62.5 Å². The molecule has 1 saturated carbocycles. The molecule has 3 aromatic rings. The molecule has 146 valence electrons. The lowest BCUT2D eigenvalue weighted by molar-refractivity contribution is 0.00697. The van der Waals surface area contributed by atoms with Gasteiger partial charge in [0, 0.05) is 5.39 Å². The summed E-state index contributed by atoms with van der Waals surface area (Å²) >= 11 is 0. The monoisotopic (exact) mass is 376 g/mol. The number of hydrogen-bond acceptors (Lipinski definition) is 3. The van der Waals surface area contributed by atoms with Gasteiger partial charge in [-0.05, 0) is 57.4 Å². The van der Waals surface area contributed by atoms with Crippen molar-refractivity contribution in [3.63, 3.8) is 0 Å². The zero-order chi connectivity index (χ0) is 19.7. The summed E-state index contributed by atoms with van der Waals surface area (Å²) in [5.41, 5.74) is 3.19. The number of hydrogen-bond donors (Lipinski definition) is 0. The second-order valence-electron chi connectivity index (χ2n) is 8.78. The standard InChI is InChI=1S/C24H28N2O2/c1-24(2,3)28-23(27)18-13-14-20-21(16-18)25-26(19-11-5-4-6-12-19)22(20)15-17-9-7-8-10-17/h4-6,11-14,16-17H,7-10,15H2,1-3H3. The van der Waals surface area contributed by atoms with E-state index in [1.165, 1.54) is 31.4 Å². The zero-order valence-corrected chi connectivity index (χ0v) is 16.9. The van der Waals surface area contributed by atoms with E-state index in [-0.39, 0.29) is 5.97 Å². The first kappa shape index (κ1) is 18.7. The Morgan fingerprint density at radius 3 is 2.50 bits per heavy atom. The van der Waals surface area contributed by atoms with Gasteiger partial charge in [0.05, 0.1) is 22.5 Å². The quantitative estimate of drug-likeness (QED) is 0.548. The van der Waals surface area contributed by atoms with Crippen molar-refractivity contribution in [1.82, 2.24) is 9.78 Å². The van der Waals surface area contributed by atoms with E-state index in [1.54, 1.807) is 0 Å². The molecule has 1 aromatic heterocycles. The van der Waals surface area contributed by atoms with Crippen LogP contribution in [0.25, 0.3) is 16.6 Å². The summed E-state index contributed by atoms with van der Waals surface area (Å²) < 4.78 is 7.59. The largest absolute Gasteiger partial charge is 0.456 e. The maximum Gasteiger partial charge on any atom is 0.338 e. The fourth-order valence-electron chi connectivity index (χ4n) is 4.07. The van der Waals surface area contributed by atoms with Crippen LogP contribution in [0.15, 0.2) is 48.5 Å². The fraction of sp³-hybridized carbons (Fsp3) is 0.417. The Balaban J connectivity index is 1.76. The van der Waals surface area contributed by atoms with E-state index < -0.39 is 5.60 Å². The Hall–Kier alpha value is -2.62. The molecule has 0 aliphatic heterocycles. The Morgan fingerprint density at radius 2 is 1.82 bits per heavy atom. The highest BCUT2D eigenvalue weighted by molar-refractivity contribution is 5.95. The zero-order valence-electron chi connectivity index (χ0n) is 16.9. The van der Waals surface area contributed by atoms with Gasteiger partial charge in [0.1, 0.15) is 5.60 Å². The van der Waals surface area contributed by atoms with Crippen molar-refractivity contribution >= 4 is 16.9 Å². The van der Waals surface area contributed by atoms with Crippen LogP contribution in [0.5, 0.6) is 0 Å². The number of carbonyl (C=O) groups is 1. The van der Waals surface area contributed by atoms with Crippen molar-refractivity contribution < 1.29 is 9.53 Å². The van der Waals surface area contributed by atoms with E-state index in [0.717, 1.165) is 23.0 Å². The first-order valence-corrected chi connectivity index (χ1v) is 10.2. The average Bonchev–Trinajstić information content (AvgIpc) is 3.29. The molecule has 4 rings (SSSR count). The molecule has 1 aliphatic carbocycles. The molecule has 0 saturated heterocycles. The molecule has 0 radical (unpaired) electrons. The van der Waals surface area contributed by atoms with Crippen LogP contribution >= 0.6 is 0 Å². The van der Waals surface area contributed by atoms with Gasteiger partial charge in [-0.1, -0.05) is 49.9 Å². The molecule has 0 N–H and O–H groups in total. The minimum atomic E-state index is -0.511. The molecule has 0 bridgehead atoms. The maximum absolute atomic E-state index is 12.5. The molecular weight excluding hydrogens is 348 g/mol. The van der Waals surface area contributed by atoms with Crippen molar-refractivity contribution in [3.8, 4) is 5.69 Å². The van der Waals surface area contributed by atoms with Gasteiger partial charge < -0.3 is 4.74 Å². The predicted molar refractivity (Wildman–Crippen MR) is 112 cm³/mol. The van der Waals surface area contributed by atoms with Crippen molar-refractivity contribution in [3.05, 3.63) is 59.8 Å². The van der Waals surface area contributed by atoms with Gasteiger partial charge in [0.15, 0.2) is 0 Å². The molecule has 1 aliphatic rings. The normalized spacial score (nSPS) is 15.2. The van der Waals surface area contributed by atoms with Crippen LogP contribution in [0, 0.1) is 5.92 Å². The van der Waals surface area contributed by atoms with E-state index in [9.17, 15) is 4.79 Å². The average molecular weight is 376 g/mol. The van der Waals surface area contributed by atoms with Gasteiger partial charge in [0.2, 0.25) is 0 Å². The van der Waals surface area contributed by atoms with Crippen LogP contribution < -0.4 is 0 Å². The number of nitrogens with zero attached hydrogens (tertiary/aromatic N) is 2. The summed E-state index contributed by atoms with van der Waals surface area (Å²) in [7, 11) is 0. The molecule has 0 amide bonds. The van der Waals surface area contributed by atoms with Crippen molar-refractivity contribution in [1.29, 1.82) is 0 Å². The van der Waals surface area contributed by atoms with E-state index in [0.29, 0.717) is 11.5 Å². The molecule has 1 fully saturated rings. The number of rotatable bonds is 4. The second kappa shape index (κ2) is 7.42. The summed E-state index contributed by atoms with van der Waals surface area (Å²) in [6.07, 6.45) is 6.25. The smallest absolute Gasteiger partial charge is 0.338 e. The Kier molecular flexibility index (Phi) is 4.96. The van der Waals surface area contributed by atoms with Crippen LogP contribution in [0.3, 0.4) is 0 Å². The highest BCUT2D eigenvalue weighted by Gasteiger charge is 2.23. The molecule has 28 heavy (non-hydrogen) atoms. The first-order chi connectivity index (χ1) is 13.4. The molecule has 2 aromatic carbocycles. The number of carbonyl (C=O) groups excluding carboxylic acids is 1. The van der Waals surface area contributed by atoms with Gasteiger partial charge in [-0.15, -0.1) is 0 Å². The Labute approximate surface area is 166 Å². The van der Waals surface area contributed by atoms with Crippen molar-refractivity contribution in [2.24, 2.45) is 5.92 Å². The second-order valence-corrected chi connectivity index (χ2v) is 8.78. The molecule has 4 heteroatoms. The fourth-order valence-corrected chi connectivity index (χ4v) is 4.07. The first-order valence-electron chi connectivity index (χ1n) is 10.2. The minimum absolute atomic E-state index is 0.305. The summed E-state index contributed by atoms with van der Waals surface area (Å²) in [6.45, 7) is 5.65. The lowest BCUT2D eigenvalue weighted by atomic mass is 9.99. The summed E-state index contributed by atoms with van der Waals surface area (Å²) in [5.74, 6) is 0.411. The lowest BCUT2D eigenvalue weighted by Crippen LogP contribution is -2.23. The molecule has 0 unspecified atom stereocenters. The van der Waals surface area contributed by atoms with Crippen LogP contribution in [0.4, 0.5) is 0 Å². The third-order valence-electron chi connectivity index (χ3n) is 5.36. The molecule has 0 atom stereocenters. The molecule has 0 spiro atoms. The Bertz CT molecular complexity index is 977. The van der Waals surface area contributed by atoms with E-state index in [1.807, 2.05) is 57.2 Å². The summed E-state index contributed by atoms with van der Waals surface area (Å²) in [4.78, 5) is 12.5. The van der Waals surface area contributed by atoms with E-state index >= 15 is 0 Å². The third-order valence-corrected chi connectivity index (χ3v) is 5.36. The predicted octanol–water partition coefficient (Wildman–Crippen LogP) is 5.71. The minimum Gasteiger partial charge on any atom is -0.456 e. The Morgan fingerprint density at radius 1 is 1.11 bits per heavy atom. The van der Waals surface area contributed by atoms with Gasteiger partial charge in [-0.25, -0.2) is 9.48 Å². The van der Waals surface area contributed by atoms with Gasteiger partial charge in [-0.2, -0.15) is 5.10 Å².